The molecule has 4 unspecified atom stereocenters. The normalized spacial score (nSPS) is 27.4. The summed E-state index contributed by atoms with van der Waals surface area (Å²) in [6.45, 7) is 2.14. The third-order valence-corrected chi connectivity index (χ3v) is 5.27. The van der Waals surface area contributed by atoms with E-state index in [-0.39, 0.29) is 24.4 Å². The molecule has 2 aliphatic carbocycles. The average Bonchev–Trinajstić information content (AvgIpc) is 3.16. The Balaban J connectivity index is 1.43. The minimum atomic E-state index is -0.205. The Morgan fingerprint density at radius 1 is 1.18 bits per heavy atom. The zero-order valence-corrected chi connectivity index (χ0v) is 13.0. The third kappa shape index (κ3) is 3.32. The Kier molecular flexibility index (Phi) is 4.46. The molecule has 0 aromatic heterocycles. The lowest BCUT2D eigenvalue weighted by Gasteiger charge is -2.28. The van der Waals surface area contributed by atoms with Crippen LogP contribution in [0.1, 0.15) is 43.0 Å². The molecule has 0 spiro atoms. The monoisotopic (exact) mass is 300 g/mol. The molecule has 1 aromatic rings. The van der Waals surface area contributed by atoms with E-state index < -0.39 is 0 Å². The van der Waals surface area contributed by atoms with E-state index in [1.54, 1.807) is 12.1 Å². The van der Waals surface area contributed by atoms with Crippen LogP contribution in [0.25, 0.3) is 0 Å². The highest BCUT2D eigenvalue weighted by Gasteiger charge is 2.42. The summed E-state index contributed by atoms with van der Waals surface area (Å²) in [6, 6.07) is 9.17. The zero-order valence-electron chi connectivity index (χ0n) is 13.0. The van der Waals surface area contributed by atoms with Gasteiger partial charge >= 0.3 is 0 Å². The lowest BCUT2D eigenvalue weighted by atomic mass is 9.84. The standard InChI is InChI=1S/C18H24N2O2/c1-12(16-10-13-7-8-15(16)9-13)20-17(21)11-19-18(22)14-5-3-2-4-6-14/h2-6,12-13,15-16H,7-11H2,1H3,(H,19,22)(H,20,21). The molecule has 22 heavy (non-hydrogen) atoms. The summed E-state index contributed by atoms with van der Waals surface area (Å²) in [4.78, 5) is 23.9. The molecule has 2 bridgehead atoms. The Morgan fingerprint density at radius 2 is 1.95 bits per heavy atom. The van der Waals surface area contributed by atoms with Crippen molar-refractivity contribution in [3.05, 3.63) is 35.9 Å². The number of hydrogen-bond acceptors (Lipinski definition) is 2. The maximum atomic E-state index is 12.0. The molecule has 0 aliphatic heterocycles. The van der Waals surface area contributed by atoms with Gasteiger partial charge in [0.25, 0.3) is 5.91 Å². The SMILES string of the molecule is CC(NC(=O)CNC(=O)c1ccccc1)C1CC2CCC1C2. The second kappa shape index (κ2) is 6.51. The summed E-state index contributed by atoms with van der Waals surface area (Å²) in [5.41, 5.74) is 0.580. The van der Waals surface area contributed by atoms with Crippen LogP contribution in [0.2, 0.25) is 0 Å². The molecule has 0 radical (unpaired) electrons. The molecule has 2 amide bonds. The van der Waals surface area contributed by atoms with Crippen LogP contribution in [0.5, 0.6) is 0 Å². The van der Waals surface area contributed by atoms with Gasteiger partial charge in [-0.1, -0.05) is 24.6 Å². The van der Waals surface area contributed by atoms with Crippen LogP contribution in [0, 0.1) is 17.8 Å². The van der Waals surface area contributed by atoms with Crippen LogP contribution in [-0.2, 0) is 4.79 Å². The second-order valence-corrected chi connectivity index (χ2v) is 6.74. The van der Waals surface area contributed by atoms with Gasteiger partial charge < -0.3 is 10.6 Å². The quantitative estimate of drug-likeness (QED) is 0.877. The van der Waals surface area contributed by atoms with Crippen LogP contribution in [-0.4, -0.2) is 24.4 Å². The summed E-state index contributed by atoms with van der Waals surface area (Å²) in [5.74, 6) is 1.99. The van der Waals surface area contributed by atoms with Crippen molar-refractivity contribution < 1.29 is 9.59 Å². The van der Waals surface area contributed by atoms with Crippen molar-refractivity contribution in [3.8, 4) is 0 Å². The van der Waals surface area contributed by atoms with Crippen molar-refractivity contribution in [1.29, 1.82) is 0 Å². The number of fused-ring (bicyclic) bond motifs is 2. The maximum Gasteiger partial charge on any atom is 0.251 e. The summed E-state index contributed by atoms with van der Waals surface area (Å²) in [6.07, 6.45) is 5.29. The molecule has 2 fully saturated rings. The van der Waals surface area contributed by atoms with Crippen molar-refractivity contribution in [3.63, 3.8) is 0 Å². The van der Waals surface area contributed by atoms with E-state index >= 15 is 0 Å². The van der Waals surface area contributed by atoms with Gasteiger partial charge in [0.15, 0.2) is 0 Å². The predicted octanol–water partition coefficient (Wildman–Crippen LogP) is 2.36. The lowest BCUT2D eigenvalue weighted by molar-refractivity contribution is -0.121. The van der Waals surface area contributed by atoms with Crippen molar-refractivity contribution in [2.75, 3.05) is 6.54 Å². The summed E-state index contributed by atoms with van der Waals surface area (Å²) in [5, 5.41) is 5.74. The fourth-order valence-electron chi connectivity index (χ4n) is 4.17. The first-order valence-corrected chi connectivity index (χ1v) is 8.26. The summed E-state index contributed by atoms with van der Waals surface area (Å²) >= 11 is 0. The minimum absolute atomic E-state index is 0.0406. The molecule has 0 heterocycles. The number of amides is 2. The first-order chi connectivity index (χ1) is 10.6. The van der Waals surface area contributed by atoms with Crippen LogP contribution >= 0.6 is 0 Å². The number of nitrogens with one attached hydrogen (secondary N) is 2. The average molecular weight is 300 g/mol. The molecular formula is C18H24N2O2. The fraction of sp³-hybridized carbons (Fsp3) is 0.556. The summed E-state index contributed by atoms with van der Waals surface area (Å²) in [7, 11) is 0. The topological polar surface area (TPSA) is 58.2 Å². The Labute approximate surface area is 131 Å². The number of carbonyl (C=O) groups is 2. The number of rotatable bonds is 5. The van der Waals surface area contributed by atoms with Gasteiger partial charge in [-0.25, -0.2) is 0 Å². The highest BCUT2D eigenvalue weighted by atomic mass is 16.2. The van der Waals surface area contributed by atoms with Gasteiger partial charge in [-0.15, -0.1) is 0 Å². The highest BCUT2D eigenvalue weighted by molar-refractivity contribution is 5.96. The number of hydrogen-bond donors (Lipinski definition) is 2. The third-order valence-electron chi connectivity index (χ3n) is 5.27. The number of benzene rings is 1. The Bertz CT molecular complexity index is 543. The van der Waals surface area contributed by atoms with Crippen LogP contribution in [0.4, 0.5) is 0 Å². The van der Waals surface area contributed by atoms with Crippen LogP contribution in [0.15, 0.2) is 30.3 Å². The molecule has 3 rings (SSSR count). The van der Waals surface area contributed by atoms with E-state index in [0.29, 0.717) is 11.5 Å². The molecule has 4 heteroatoms. The van der Waals surface area contributed by atoms with Crippen LogP contribution < -0.4 is 10.6 Å². The van der Waals surface area contributed by atoms with Crippen molar-refractivity contribution in [2.45, 2.75) is 38.6 Å². The fourth-order valence-corrected chi connectivity index (χ4v) is 4.17. The molecular weight excluding hydrogens is 276 g/mol. The van der Waals surface area contributed by atoms with Gasteiger partial charge in [0.05, 0.1) is 6.54 Å². The first kappa shape index (κ1) is 15.1. The van der Waals surface area contributed by atoms with E-state index in [9.17, 15) is 9.59 Å². The lowest BCUT2D eigenvalue weighted by Crippen LogP contribution is -2.44. The van der Waals surface area contributed by atoms with Gasteiger partial charge in [0.2, 0.25) is 5.91 Å². The zero-order chi connectivity index (χ0) is 15.5. The molecule has 2 aliphatic rings. The van der Waals surface area contributed by atoms with E-state index in [1.807, 2.05) is 18.2 Å². The van der Waals surface area contributed by atoms with Gasteiger partial charge in [-0.05, 0) is 56.1 Å². The number of carbonyl (C=O) groups excluding carboxylic acids is 2. The molecule has 2 saturated carbocycles. The second-order valence-electron chi connectivity index (χ2n) is 6.74. The molecule has 4 nitrogen and oxygen atoms in total. The maximum absolute atomic E-state index is 12.0. The van der Waals surface area contributed by atoms with Gasteiger partial charge in [0, 0.05) is 11.6 Å². The highest BCUT2D eigenvalue weighted by Crippen LogP contribution is 2.49. The Morgan fingerprint density at radius 3 is 2.59 bits per heavy atom. The molecule has 1 aromatic carbocycles. The molecule has 0 saturated heterocycles. The van der Waals surface area contributed by atoms with Gasteiger partial charge in [-0.2, -0.15) is 0 Å². The van der Waals surface area contributed by atoms with Crippen LogP contribution in [0.3, 0.4) is 0 Å². The first-order valence-electron chi connectivity index (χ1n) is 8.26. The van der Waals surface area contributed by atoms with Crippen molar-refractivity contribution in [2.24, 2.45) is 17.8 Å². The van der Waals surface area contributed by atoms with E-state index in [2.05, 4.69) is 17.6 Å². The Hall–Kier alpha value is -1.84. The smallest absolute Gasteiger partial charge is 0.251 e. The van der Waals surface area contributed by atoms with Gasteiger partial charge in [0.1, 0.15) is 0 Å². The molecule has 2 N–H and O–H groups in total. The van der Waals surface area contributed by atoms with Crippen molar-refractivity contribution in [1.82, 2.24) is 10.6 Å². The molecule has 118 valence electrons. The largest absolute Gasteiger partial charge is 0.352 e. The predicted molar refractivity (Wildman–Crippen MR) is 85.3 cm³/mol. The van der Waals surface area contributed by atoms with Gasteiger partial charge in [-0.3, -0.25) is 9.59 Å². The summed E-state index contributed by atoms with van der Waals surface area (Å²) < 4.78 is 0. The van der Waals surface area contributed by atoms with E-state index in [1.165, 1.54) is 25.7 Å². The minimum Gasteiger partial charge on any atom is -0.352 e. The van der Waals surface area contributed by atoms with E-state index in [4.69, 9.17) is 0 Å². The van der Waals surface area contributed by atoms with E-state index in [0.717, 1.165) is 11.8 Å². The molecule has 4 atom stereocenters. The van der Waals surface area contributed by atoms with Crippen molar-refractivity contribution >= 4 is 11.8 Å².